The summed E-state index contributed by atoms with van der Waals surface area (Å²) in [7, 11) is -2.36. The number of carbonyl (C=O) groups excluding carboxylic acids is 2. The fraction of sp³-hybridized carbons (Fsp3) is 0.111. The van der Waals surface area contributed by atoms with E-state index in [4.69, 9.17) is 4.84 Å². The van der Waals surface area contributed by atoms with E-state index in [1.54, 1.807) is 54.6 Å². The lowest BCUT2D eigenvalue weighted by molar-refractivity contribution is -0.153. The lowest BCUT2D eigenvalue weighted by atomic mass is 10.1. The van der Waals surface area contributed by atoms with Crippen molar-refractivity contribution >= 4 is 38.4 Å². The molecule has 0 spiro atoms. The van der Waals surface area contributed by atoms with E-state index in [1.807, 2.05) is 36.4 Å². The number of hydrogen-bond acceptors (Lipinski definition) is 6. The number of amides is 1. The average molecular weight is 504 g/mol. The largest absolute Gasteiger partial charge is 0.369 e. The number of rotatable bonds is 9. The van der Waals surface area contributed by atoms with E-state index in [-0.39, 0.29) is 11.3 Å². The minimum Gasteiger partial charge on any atom is -0.369 e. The summed E-state index contributed by atoms with van der Waals surface area (Å²) in [6, 6.07) is 26.8. The van der Waals surface area contributed by atoms with E-state index in [2.05, 4.69) is 15.5 Å². The van der Waals surface area contributed by atoms with Crippen LogP contribution in [0, 0.1) is 0 Å². The van der Waals surface area contributed by atoms with Crippen molar-refractivity contribution in [2.24, 2.45) is 0 Å². The van der Waals surface area contributed by atoms with Gasteiger partial charge in [-0.15, -0.1) is 5.48 Å². The van der Waals surface area contributed by atoms with Gasteiger partial charge < -0.3 is 10.2 Å². The zero-order valence-electron chi connectivity index (χ0n) is 19.5. The quantitative estimate of drug-likeness (QED) is 0.300. The van der Waals surface area contributed by atoms with Crippen molar-refractivity contribution < 1.29 is 22.8 Å². The van der Waals surface area contributed by atoms with Crippen LogP contribution in [0.15, 0.2) is 102 Å². The molecule has 0 radical (unpaired) electrons. The molecule has 9 heteroatoms. The zero-order chi connectivity index (χ0) is 25.5. The molecule has 0 aliphatic carbocycles. The maximum absolute atomic E-state index is 13.4. The van der Waals surface area contributed by atoms with Crippen LogP contribution in [0.2, 0.25) is 0 Å². The van der Waals surface area contributed by atoms with Crippen LogP contribution >= 0.6 is 0 Å². The predicted molar refractivity (Wildman–Crippen MR) is 137 cm³/mol. The second-order valence-corrected chi connectivity index (χ2v) is 9.81. The molecular formula is C27H25N3O5S. The SMILES string of the molecule is CNS(=O)(=O)c1cccc2c(NC(=O)[C@H](NOC(=O)Cc3ccccc3)c3ccccc3)cccc12. The molecule has 4 aromatic rings. The highest BCUT2D eigenvalue weighted by Crippen LogP contribution is 2.29. The van der Waals surface area contributed by atoms with E-state index < -0.39 is 27.9 Å². The van der Waals surface area contributed by atoms with Gasteiger partial charge in [0.25, 0.3) is 0 Å². The van der Waals surface area contributed by atoms with Gasteiger partial charge in [-0.25, -0.2) is 13.1 Å². The number of benzene rings is 4. The first-order chi connectivity index (χ1) is 17.4. The van der Waals surface area contributed by atoms with E-state index in [1.165, 1.54) is 13.1 Å². The highest BCUT2D eigenvalue weighted by atomic mass is 32.2. The molecule has 8 nitrogen and oxygen atoms in total. The molecule has 0 bridgehead atoms. The molecule has 0 saturated carbocycles. The van der Waals surface area contributed by atoms with E-state index in [9.17, 15) is 18.0 Å². The number of nitrogens with one attached hydrogen (secondary N) is 3. The number of hydrogen-bond donors (Lipinski definition) is 3. The van der Waals surface area contributed by atoms with Gasteiger partial charge >= 0.3 is 5.97 Å². The summed E-state index contributed by atoms with van der Waals surface area (Å²) >= 11 is 0. The van der Waals surface area contributed by atoms with E-state index >= 15 is 0 Å². The first kappa shape index (κ1) is 25.1. The highest BCUT2D eigenvalue weighted by molar-refractivity contribution is 7.89. The summed E-state index contributed by atoms with van der Waals surface area (Å²) in [4.78, 5) is 31.1. The van der Waals surface area contributed by atoms with Crippen LogP contribution in [0.4, 0.5) is 5.69 Å². The summed E-state index contributed by atoms with van der Waals surface area (Å²) in [5, 5.41) is 3.86. The molecule has 0 heterocycles. The summed E-state index contributed by atoms with van der Waals surface area (Å²) in [5.41, 5.74) is 4.39. The van der Waals surface area contributed by atoms with Crippen molar-refractivity contribution in [2.75, 3.05) is 12.4 Å². The van der Waals surface area contributed by atoms with Crippen molar-refractivity contribution in [1.29, 1.82) is 0 Å². The second-order valence-electron chi connectivity index (χ2n) is 7.95. The number of hydroxylamine groups is 1. The Bertz CT molecular complexity index is 1480. The van der Waals surface area contributed by atoms with Gasteiger partial charge in [0, 0.05) is 16.5 Å². The fourth-order valence-electron chi connectivity index (χ4n) is 3.78. The third-order valence-corrected chi connectivity index (χ3v) is 7.05. The Morgan fingerprint density at radius 2 is 1.44 bits per heavy atom. The minimum atomic E-state index is -3.71. The highest BCUT2D eigenvalue weighted by Gasteiger charge is 2.24. The molecular weight excluding hydrogens is 478 g/mol. The summed E-state index contributed by atoms with van der Waals surface area (Å²) in [6.07, 6.45) is 0.0446. The van der Waals surface area contributed by atoms with Gasteiger partial charge in [0.05, 0.1) is 11.3 Å². The third-order valence-electron chi connectivity index (χ3n) is 5.58. The number of anilines is 1. The van der Waals surface area contributed by atoms with Crippen LogP contribution in [-0.4, -0.2) is 27.3 Å². The first-order valence-corrected chi connectivity index (χ1v) is 12.7. The van der Waals surface area contributed by atoms with Crippen LogP contribution in [0.25, 0.3) is 10.8 Å². The fourth-order valence-corrected chi connectivity index (χ4v) is 4.73. The predicted octanol–water partition coefficient (Wildman–Crippen LogP) is 3.72. The Morgan fingerprint density at radius 3 is 2.14 bits per heavy atom. The lowest BCUT2D eigenvalue weighted by Crippen LogP contribution is -2.35. The van der Waals surface area contributed by atoms with Gasteiger partial charge in [0.15, 0.2) is 0 Å². The van der Waals surface area contributed by atoms with Crippen molar-refractivity contribution in [3.05, 3.63) is 108 Å². The monoisotopic (exact) mass is 503 g/mol. The van der Waals surface area contributed by atoms with Crippen molar-refractivity contribution in [3.8, 4) is 0 Å². The van der Waals surface area contributed by atoms with Crippen LogP contribution in [0.3, 0.4) is 0 Å². The second kappa shape index (κ2) is 11.1. The zero-order valence-corrected chi connectivity index (χ0v) is 20.3. The Morgan fingerprint density at radius 1 is 0.806 bits per heavy atom. The maximum atomic E-state index is 13.4. The van der Waals surface area contributed by atoms with Crippen LogP contribution in [-0.2, 0) is 30.9 Å². The maximum Gasteiger partial charge on any atom is 0.329 e. The molecule has 4 rings (SSSR count). The van der Waals surface area contributed by atoms with E-state index in [0.717, 1.165) is 5.56 Å². The molecule has 0 aliphatic rings. The van der Waals surface area contributed by atoms with Crippen LogP contribution in [0.5, 0.6) is 0 Å². The third kappa shape index (κ3) is 5.77. The van der Waals surface area contributed by atoms with Crippen molar-refractivity contribution in [2.45, 2.75) is 17.4 Å². The molecule has 3 N–H and O–H groups in total. The number of sulfonamides is 1. The van der Waals surface area contributed by atoms with Gasteiger partial charge in [-0.2, -0.15) is 0 Å². The van der Waals surface area contributed by atoms with Gasteiger partial charge in [-0.1, -0.05) is 84.9 Å². The molecule has 0 unspecified atom stereocenters. The molecule has 0 saturated heterocycles. The van der Waals surface area contributed by atoms with Crippen LogP contribution in [0.1, 0.15) is 17.2 Å². The Balaban J connectivity index is 1.58. The molecule has 4 aromatic carbocycles. The minimum absolute atomic E-state index is 0.0446. The molecule has 0 fully saturated rings. The number of carbonyl (C=O) groups is 2. The lowest BCUT2D eigenvalue weighted by Gasteiger charge is -2.19. The van der Waals surface area contributed by atoms with Gasteiger partial charge in [0.1, 0.15) is 6.04 Å². The topological polar surface area (TPSA) is 114 Å². The van der Waals surface area contributed by atoms with Crippen molar-refractivity contribution in [1.82, 2.24) is 10.2 Å². The Labute approximate surface area is 209 Å². The Kier molecular flexibility index (Phi) is 7.74. The number of fused-ring (bicyclic) bond motifs is 1. The first-order valence-electron chi connectivity index (χ1n) is 11.2. The molecule has 0 aliphatic heterocycles. The van der Waals surface area contributed by atoms with Gasteiger partial charge in [-0.05, 0) is 30.3 Å². The summed E-state index contributed by atoms with van der Waals surface area (Å²) in [6.45, 7) is 0. The molecule has 184 valence electrons. The Hall–Kier alpha value is -4.05. The van der Waals surface area contributed by atoms with Crippen LogP contribution < -0.4 is 15.5 Å². The molecule has 1 amide bonds. The smallest absolute Gasteiger partial charge is 0.329 e. The normalized spacial score (nSPS) is 12.1. The summed E-state index contributed by atoms with van der Waals surface area (Å²) in [5.74, 6) is -1.02. The van der Waals surface area contributed by atoms with Crippen molar-refractivity contribution in [3.63, 3.8) is 0 Å². The molecule has 36 heavy (non-hydrogen) atoms. The molecule has 0 aromatic heterocycles. The molecule has 1 atom stereocenters. The van der Waals surface area contributed by atoms with Gasteiger partial charge in [0.2, 0.25) is 15.9 Å². The summed E-state index contributed by atoms with van der Waals surface area (Å²) < 4.78 is 27.3. The standard InChI is InChI=1S/C27H25N3O5S/c1-28-36(33,34)24-17-9-14-21-22(24)15-8-16-23(21)29-27(32)26(20-12-6-3-7-13-20)30-35-25(31)18-19-10-4-2-5-11-19/h2-17,26,28,30H,18H2,1H3,(H,29,32)/t26-/m1/s1. The average Bonchev–Trinajstić information content (AvgIpc) is 2.90. The van der Waals surface area contributed by atoms with E-state index in [0.29, 0.717) is 22.0 Å². The van der Waals surface area contributed by atoms with Gasteiger partial charge in [-0.3, -0.25) is 9.59 Å².